The van der Waals surface area contributed by atoms with E-state index >= 15 is 0 Å². The molecule has 0 spiro atoms. The lowest BCUT2D eigenvalue weighted by Crippen LogP contribution is -2.49. The van der Waals surface area contributed by atoms with Gasteiger partial charge in [0.1, 0.15) is 0 Å². The summed E-state index contributed by atoms with van der Waals surface area (Å²) in [7, 11) is -4.03. The van der Waals surface area contributed by atoms with E-state index in [0.717, 1.165) is 11.3 Å². The van der Waals surface area contributed by atoms with E-state index in [9.17, 15) is 4.21 Å². The van der Waals surface area contributed by atoms with Gasteiger partial charge in [-0.1, -0.05) is 83.0 Å². The average molecular weight is 567 g/mol. The lowest BCUT2D eigenvalue weighted by atomic mass is 9.50. The van der Waals surface area contributed by atoms with E-state index < -0.39 is 17.8 Å². The molecular formula is C35H54O2SSi. The summed E-state index contributed by atoms with van der Waals surface area (Å²) in [6.07, 6.45) is 14.2. The highest BCUT2D eigenvalue weighted by atomic mass is 32.2. The molecule has 0 radical (unpaired) electrons. The predicted octanol–water partition coefficient (Wildman–Crippen LogP) is 9.29. The van der Waals surface area contributed by atoms with E-state index in [1.165, 1.54) is 38.5 Å². The van der Waals surface area contributed by atoms with Crippen molar-refractivity contribution < 1.29 is 8.63 Å². The number of hydrogen-bond donors (Lipinski definition) is 0. The number of allylic oxidation sites excluding steroid dienone is 3. The van der Waals surface area contributed by atoms with Gasteiger partial charge in [-0.05, 0) is 125 Å². The molecule has 3 fully saturated rings. The van der Waals surface area contributed by atoms with Crippen molar-refractivity contribution >= 4 is 23.7 Å². The molecule has 4 aliphatic carbocycles. The Morgan fingerprint density at radius 1 is 1.03 bits per heavy atom. The first-order valence-electron chi connectivity index (χ1n) is 15.6. The first-order chi connectivity index (χ1) is 18.1. The van der Waals surface area contributed by atoms with Crippen LogP contribution < -0.4 is 0 Å². The lowest BCUT2D eigenvalue weighted by molar-refractivity contribution is 0.0382. The van der Waals surface area contributed by atoms with Crippen LogP contribution in [0.25, 0.3) is 0 Å². The van der Waals surface area contributed by atoms with Crippen molar-refractivity contribution in [3.63, 3.8) is 0 Å². The molecule has 0 saturated heterocycles. The van der Waals surface area contributed by atoms with Crippen LogP contribution in [0.1, 0.15) is 86.5 Å². The Kier molecular flexibility index (Phi) is 7.55. The maximum atomic E-state index is 13.7. The molecule has 4 heteroatoms. The summed E-state index contributed by atoms with van der Waals surface area (Å²) in [5.74, 6) is 7.31. The molecule has 0 aliphatic heterocycles. The fourth-order valence-corrected chi connectivity index (χ4v) is 12.3. The van der Waals surface area contributed by atoms with E-state index in [2.05, 4.69) is 72.7 Å². The third-order valence-electron chi connectivity index (χ3n) is 12.3. The van der Waals surface area contributed by atoms with E-state index in [1.54, 1.807) is 11.1 Å². The Balaban J connectivity index is 1.34. The molecule has 1 aromatic rings. The van der Waals surface area contributed by atoms with E-state index in [4.69, 9.17) is 4.43 Å². The molecule has 8 atom stereocenters. The monoisotopic (exact) mass is 566 g/mol. The Morgan fingerprint density at radius 2 is 1.72 bits per heavy atom. The summed E-state index contributed by atoms with van der Waals surface area (Å²) >= 11 is 0. The van der Waals surface area contributed by atoms with Crippen molar-refractivity contribution in [3.05, 3.63) is 53.6 Å². The minimum atomic E-state index is -2.27. The summed E-state index contributed by atoms with van der Waals surface area (Å²) in [4.78, 5) is 0.911. The van der Waals surface area contributed by atoms with Crippen LogP contribution in [-0.2, 0) is 13.9 Å². The molecule has 2 nitrogen and oxygen atoms in total. The molecule has 0 amide bonds. The van der Waals surface area contributed by atoms with Gasteiger partial charge in [-0.15, -0.1) is 0 Å². The first kappa shape index (κ1) is 29.4. The second-order valence-corrected chi connectivity index (χ2v) is 22.8. The highest BCUT2D eigenvalue weighted by Gasteiger charge is 2.57. The molecule has 0 heterocycles. The summed E-state index contributed by atoms with van der Waals surface area (Å²) < 4.78 is 20.6. The average Bonchev–Trinajstić information content (AvgIpc) is 3.21. The normalized spacial score (nSPS) is 37.0. The molecule has 3 saturated carbocycles. The SMILES string of the molecule is C=S(=O)(C[C@H](C)[C@H]1CC[C@H]2C3=CC=C4CC(O[Si](C)(C)C(C)(C)C)CC[C@]4(C)[C@H]3CC[C@]12C)c1ccccc1. The van der Waals surface area contributed by atoms with Crippen LogP contribution in [0.4, 0.5) is 0 Å². The minimum Gasteiger partial charge on any atom is -0.414 e. The quantitative estimate of drug-likeness (QED) is 0.253. The fraction of sp³-hybridized carbons (Fsp3) is 0.686. The molecule has 2 unspecified atom stereocenters. The van der Waals surface area contributed by atoms with Crippen molar-refractivity contribution in [1.29, 1.82) is 0 Å². The number of fused-ring (bicyclic) bond motifs is 5. The Hall–Kier alpha value is -1.10. The molecule has 0 N–H and O–H groups in total. The summed E-state index contributed by atoms with van der Waals surface area (Å²) in [6, 6.07) is 9.97. The molecule has 5 rings (SSSR count). The van der Waals surface area contributed by atoms with Crippen molar-refractivity contribution in [2.24, 2.45) is 34.5 Å². The smallest absolute Gasteiger partial charge is 0.192 e. The Labute approximate surface area is 241 Å². The topological polar surface area (TPSA) is 26.3 Å². The predicted molar refractivity (Wildman–Crippen MR) is 171 cm³/mol. The zero-order valence-electron chi connectivity index (χ0n) is 26.0. The Bertz CT molecular complexity index is 1240. The van der Waals surface area contributed by atoms with Crippen molar-refractivity contribution in [3.8, 4) is 0 Å². The Morgan fingerprint density at radius 3 is 2.38 bits per heavy atom. The van der Waals surface area contributed by atoms with Gasteiger partial charge in [0.15, 0.2) is 8.32 Å². The second-order valence-electron chi connectivity index (χ2n) is 15.6. The summed E-state index contributed by atoms with van der Waals surface area (Å²) in [5, 5.41) is 0.258. The van der Waals surface area contributed by atoms with Crippen LogP contribution in [0, 0.1) is 34.5 Å². The van der Waals surface area contributed by atoms with E-state index in [0.29, 0.717) is 40.9 Å². The third-order valence-corrected chi connectivity index (χ3v) is 19.0. The van der Waals surface area contributed by atoms with Gasteiger partial charge in [-0.2, -0.15) is 0 Å². The lowest BCUT2D eigenvalue weighted by Gasteiger charge is -2.56. The van der Waals surface area contributed by atoms with Crippen molar-refractivity contribution in [1.82, 2.24) is 0 Å². The van der Waals surface area contributed by atoms with Gasteiger partial charge in [0.2, 0.25) is 0 Å². The van der Waals surface area contributed by atoms with Gasteiger partial charge in [-0.3, -0.25) is 4.21 Å². The molecule has 4 aliphatic rings. The molecule has 1 aromatic carbocycles. The van der Waals surface area contributed by atoms with Crippen LogP contribution in [0.3, 0.4) is 0 Å². The first-order valence-corrected chi connectivity index (χ1v) is 20.4. The van der Waals surface area contributed by atoms with Gasteiger partial charge in [0, 0.05) is 16.8 Å². The maximum absolute atomic E-state index is 13.7. The highest BCUT2D eigenvalue weighted by molar-refractivity contribution is 8.00. The van der Waals surface area contributed by atoms with Crippen LogP contribution in [0.15, 0.2) is 58.5 Å². The van der Waals surface area contributed by atoms with E-state index in [-0.39, 0.29) is 10.5 Å². The highest BCUT2D eigenvalue weighted by Crippen LogP contribution is 2.66. The second kappa shape index (κ2) is 10.0. The van der Waals surface area contributed by atoms with E-state index in [1.807, 2.05) is 30.3 Å². The minimum absolute atomic E-state index is 0.258. The van der Waals surface area contributed by atoms with Gasteiger partial charge in [0.05, 0.1) is 0 Å². The van der Waals surface area contributed by atoms with Gasteiger partial charge in [0.25, 0.3) is 0 Å². The zero-order valence-corrected chi connectivity index (χ0v) is 27.8. The van der Waals surface area contributed by atoms with Gasteiger partial charge >= 0.3 is 0 Å². The molecular weight excluding hydrogens is 513 g/mol. The van der Waals surface area contributed by atoms with Gasteiger partial charge in [-0.25, -0.2) is 0 Å². The van der Waals surface area contributed by atoms with Crippen LogP contribution in [-0.4, -0.2) is 30.3 Å². The summed E-state index contributed by atoms with van der Waals surface area (Å²) in [6.45, 7) is 19.4. The summed E-state index contributed by atoms with van der Waals surface area (Å²) in [5.41, 5.74) is 3.99. The zero-order chi connectivity index (χ0) is 28.4. The van der Waals surface area contributed by atoms with Crippen LogP contribution >= 0.6 is 0 Å². The maximum Gasteiger partial charge on any atom is 0.192 e. The van der Waals surface area contributed by atoms with Crippen molar-refractivity contribution in [2.75, 3.05) is 5.75 Å². The number of hydrogen-bond acceptors (Lipinski definition) is 2. The standard InChI is InChI=1S/C35H54O2SSi/c1-25(24-38(7,36)28-13-11-10-12-14-28)30-17-18-31-29-16-15-26-23-27(37-39(8,9)33(2,3)4)19-21-34(26,5)32(29)20-22-35(30,31)6/h10-16,25,27,30-32H,7,17-24H2,1-6,8-9H3/t25-,27?,30+,31-,32-,34-,35+,38?/m0/s1. The molecule has 0 bridgehead atoms. The van der Waals surface area contributed by atoms with Crippen LogP contribution in [0.5, 0.6) is 0 Å². The molecule has 216 valence electrons. The molecule has 39 heavy (non-hydrogen) atoms. The van der Waals surface area contributed by atoms with Gasteiger partial charge < -0.3 is 4.43 Å². The molecule has 0 aromatic heterocycles. The van der Waals surface area contributed by atoms with Crippen molar-refractivity contribution in [2.45, 2.75) is 116 Å². The number of rotatable bonds is 6. The van der Waals surface area contributed by atoms with Crippen LogP contribution in [0.2, 0.25) is 18.1 Å². The third kappa shape index (κ3) is 5.10. The fourth-order valence-electron chi connectivity index (χ4n) is 8.94. The number of benzene rings is 1. The largest absolute Gasteiger partial charge is 0.414 e.